The minimum atomic E-state index is -4.17. The van der Waals surface area contributed by atoms with E-state index >= 15 is 0 Å². The summed E-state index contributed by atoms with van der Waals surface area (Å²) in [7, 11) is 0. The summed E-state index contributed by atoms with van der Waals surface area (Å²) in [5, 5.41) is 3.33. The number of nitrogens with one attached hydrogen (secondary N) is 1. The molecule has 0 aliphatic rings. The first-order chi connectivity index (χ1) is 7.42. The number of benzene rings is 1. The Balaban J connectivity index is 2.80. The molecule has 0 fully saturated rings. The number of alkyl halides is 3. The Kier molecular flexibility index (Phi) is 4.62. The molecule has 1 rings (SSSR count). The van der Waals surface area contributed by atoms with E-state index in [1.165, 1.54) is 0 Å². The molecule has 5 heteroatoms. The number of halogens is 4. The van der Waals surface area contributed by atoms with Crippen LogP contribution in [0, 0.1) is 0 Å². The van der Waals surface area contributed by atoms with Gasteiger partial charge in [-0.05, 0) is 24.2 Å². The average Bonchev–Trinajstić information content (AvgIpc) is 2.16. The normalized spacial score (nSPS) is 13.8. The molecule has 1 aromatic rings. The second kappa shape index (κ2) is 5.55. The lowest BCUT2D eigenvalue weighted by Crippen LogP contribution is -2.26. The third-order valence-electron chi connectivity index (χ3n) is 2.16. The molecular formula is C11H13ClF3N. The van der Waals surface area contributed by atoms with Crippen molar-refractivity contribution < 1.29 is 13.2 Å². The SMILES string of the molecule is CCNC(CC(F)(F)F)c1ccc(Cl)cc1. The first kappa shape index (κ1) is 13.3. The summed E-state index contributed by atoms with van der Waals surface area (Å²) in [4.78, 5) is 0. The maximum atomic E-state index is 12.3. The fraction of sp³-hybridized carbons (Fsp3) is 0.455. The highest BCUT2D eigenvalue weighted by atomic mass is 35.5. The third kappa shape index (κ3) is 4.41. The number of hydrogen-bond donors (Lipinski definition) is 1. The van der Waals surface area contributed by atoms with Gasteiger partial charge in [0.15, 0.2) is 0 Å². The van der Waals surface area contributed by atoms with E-state index in [1.54, 1.807) is 31.2 Å². The van der Waals surface area contributed by atoms with Gasteiger partial charge in [-0.1, -0.05) is 30.7 Å². The quantitative estimate of drug-likeness (QED) is 0.855. The van der Waals surface area contributed by atoms with Gasteiger partial charge >= 0.3 is 6.18 Å². The summed E-state index contributed by atoms with van der Waals surface area (Å²) in [6, 6.07) is 5.71. The van der Waals surface area contributed by atoms with E-state index in [4.69, 9.17) is 11.6 Å². The molecule has 0 aliphatic carbocycles. The largest absolute Gasteiger partial charge is 0.390 e. The molecule has 1 atom stereocenters. The molecule has 90 valence electrons. The van der Waals surface area contributed by atoms with Crippen molar-refractivity contribution in [2.24, 2.45) is 0 Å². The Morgan fingerprint density at radius 2 is 1.81 bits per heavy atom. The fourth-order valence-electron chi connectivity index (χ4n) is 1.48. The predicted molar refractivity (Wildman–Crippen MR) is 58.5 cm³/mol. The van der Waals surface area contributed by atoms with E-state index in [0.29, 0.717) is 17.1 Å². The molecule has 16 heavy (non-hydrogen) atoms. The van der Waals surface area contributed by atoms with Crippen LogP contribution in [0.25, 0.3) is 0 Å². The Labute approximate surface area is 97.6 Å². The van der Waals surface area contributed by atoms with Gasteiger partial charge in [-0.25, -0.2) is 0 Å². The highest BCUT2D eigenvalue weighted by molar-refractivity contribution is 6.30. The minimum absolute atomic E-state index is 0.489. The monoisotopic (exact) mass is 251 g/mol. The van der Waals surface area contributed by atoms with Gasteiger partial charge in [0.05, 0.1) is 6.42 Å². The predicted octanol–water partition coefficient (Wildman–Crippen LogP) is 3.94. The number of hydrogen-bond acceptors (Lipinski definition) is 1. The van der Waals surface area contributed by atoms with Gasteiger partial charge in [0.1, 0.15) is 0 Å². The van der Waals surface area contributed by atoms with Crippen molar-refractivity contribution in [3.05, 3.63) is 34.9 Å². The average molecular weight is 252 g/mol. The van der Waals surface area contributed by atoms with E-state index < -0.39 is 18.6 Å². The number of rotatable bonds is 4. The molecule has 0 spiro atoms. The topological polar surface area (TPSA) is 12.0 Å². The van der Waals surface area contributed by atoms with Gasteiger partial charge in [0.2, 0.25) is 0 Å². The van der Waals surface area contributed by atoms with Crippen LogP contribution in [0.15, 0.2) is 24.3 Å². The van der Waals surface area contributed by atoms with Gasteiger partial charge in [0, 0.05) is 11.1 Å². The fourth-order valence-corrected chi connectivity index (χ4v) is 1.61. The van der Waals surface area contributed by atoms with Crippen molar-refractivity contribution in [2.75, 3.05) is 6.54 Å². The Morgan fingerprint density at radius 1 is 1.25 bits per heavy atom. The minimum Gasteiger partial charge on any atom is -0.310 e. The Morgan fingerprint density at radius 3 is 2.25 bits per heavy atom. The zero-order valence-electron chi connectivity index (χ0n) is 8.81. The molecule has 1 N–H and O–H groups in total. The van der Waals surface area contributed by atoms with Crippen LogP contribution in [0.2, 0.25) is 5.02 Å². The van der Waals surface area contributed by atoms with Crippen LogP contribution in [-0.4, -0.2) is 12.7 Å². The van der Waals surface area contributed by atoms with Crippen LogP contribution >= 0.6 is 11.6 Å². The Bertz CT molecular complexity index is 321. The summed E-state index contributed by atoms with van der Waals surface area (Å²) in [6.07, 6.45) is -5.05. The van der Waals surface area contributed by atoms with Crippen molar-refractivity contribution in [2.45, 2.75) is 25.6 Å². The molecule has 0 radical (unpaired) electrons. The van der Waals surface area contributed by atoms with Gasteiger partial charge in [-0.3, -0.25) is 0 Å². The van der Waals surface area contributed by atoms with Crippen molar-refractivity contribution in [3.63, 3.8) is 0 Å². The molecule has 1 aromatic carbocycles. The molecule has 0 heterocycles. The van der Waals surface area contributed by atoms with E-state index in [1.807, 2.05) is 0 Å². The highest BCUT2D eigenvalue weighted by Crippen LogP contribution is 2.29. The Hall–Kier alpha value is -0.740. The lowest BCUT2D eigenvalue weighted by atomic mass is 10.0. The van der Waals surface area contributed by atoms with E-state index in [9.17, 15) is 13.2 Å². The van der Waals surface area contributed by atoms with Gasteiger partial charge in [-0.15, -0.1) is 0 Å². The molecule has 0 amide bonds. The summed E-state index contributed by atoms with van der Waals surface area (Å²) in [5.41, 5.74) is 0.601. The summed E-state index contributed by atoms with van der Waals surface area (Å²) in [5.74, 6) is 0. The lowest BCUT2D eigenvalue weighted by Gasteiger charge is -2.19. The van der Waals surface area contributed by atoms with Crippen molar-refractivity contribution in [3.8, 4) is 0 Å². The van der Waals surface area contributed by atoms with E-state index in [2.05, 4.69) is 5.32 Å². The highest BCUT2D eigenvalue weighted by Gasteiger charge is 2.32. The maximum Gasteiger partial charge on any atom is 0.390 e. The van der Waals surface area contributed by atoms with Crippen molar-refractivity contribution in [1.82, 2.24) is 5.32 Å². The molecule has 0 saturated heterocycles. The molecular weight excluding hydrogens is 239 g/mol. The van der Waals surface area contributed by atoms with Crippen LogP contribution in [0.1, 0.15) is 24.9 Å². The first-order valence-corrected chi connectivity index (χ1v) is 5.36. The maximum absolute atomic E-state index is 12.3. The molecule has 0 aromatic heterocycles. The van der Waals surface area contributed by atoms with Crippen LogP contribution in [0.3, 0.4) is 0 Å². The van der Waals surface area contributed by atoms with Crippen LogP contribution in [-0.2, 0) is 0 Å². The van der Waals surface area contributed by atoms with Gasteiger partial charge in [-0.2, -0.15) is 13.2 Å². The van der Waals surface area contributed by atoms with Crippen molar-refractivity contribution >= 4 is 11.6 Å². The summed E-state index contributed by atoms with van der Waals surface area (Å²) >= 11 is 5.68. The first-order valence-electron chi connectivity index (χ1n) is 4.98. The smallest absolute Gasteiger partial charge is 0.310 e. The summed E-state index contributed by atoms with van der Waals surface area (Å²) < 4.78 is 37.0. The zero-order chi connectivity index (χ0) is 12.2. The van der Waals surface area contributed by atoms with Crippen molar-refractivity contribution in [1.29, 1.82) is 0 Å². The molecule has 1 nitrogen and oxygen atoms in total. The molecule has 0 aliphatic heterocycles. The second-order valence-corrected chi connectivity index (χ2v) is 3.92. The van der Waals surface area contributed by atoms with Crippen LogP contribution in [0.4, 0.5) is 13.2 Å². The van der Waals surface area contributed by atoms with E-state index in [0.717, 1.165) is 0 Å². The van der Waals surface area contributed by atoms with E-state index in [-0.39, 0.29) is 0 Å². The zero-order valence-corrected chi connectivity index (χ0v) is 9.57. The standard InChI is InChI=1S/C11H13ClF3N/c1-2-16-10(7-11(13,14)15)8-3-5-9(12)6-4-8/h3-6,10,16H,2,7H2,1H3. The van der Waals surface area contributed by atoms with Crippen LogP contribution < -0.4 is 5.32 Å². The second-order valence-electron chi connectivity index (χ2n) is 3.48. The van der Waals surface area contributed by atoms with Crippen LogP contribution in [0.5, 0.6) is 0 Å². The molecule has 0 bridgehead atoms. The van der Waals surface area contributed by atoms with Gasteiger partial charge < -0.3 is 5.32 Å². The molecule has 1 unspecified atom stereocenters. The van der Waals surface area contributed by atoms with Gasteiger partial charge in [0.25, 0.3) is 0 Å². The lowest BCUT2D eigenvalue weighted by molar-refractivity contribution is -0.140. The third-order valence-corrected chi connectivity index (χ3v) is 2.41. The summed E-state index contributed by atoms with van der Waals surface area (Å²) in [6.45, 7) is 2.27. The molecule has 0 saturated carbocycles.